The minimum absolute atomic E-state index is 0.124. The first-order chi connectivity index (χ1) is 15.3. The lowest BCUT2D eigenvalue weighted by Crippen LogP contribution is -2.44. The fourth-order valence-electron chi connectivity index (χ4n) is 4.59. The summed E-state index contributed by atoms with van der Waals surface area (Å²) in [4.78, 5) is 17.1. The van der Waals surface area contributed by atoms with Gasteiger partial charge < -0.3 is 14.2 Å². The van der Waals surface area contributed by atoms with Crippen LogP contribution in [-0.4, -0.2) is 53.1 Å². The third kappa shape index (κ3) is 3.44. The van der Waals surface area contributed by atoms with Gasteiger partial charge in [0.1, 0.15) is 29.2 Å². The van der Waals surface area contributed by atoms with Crippen LogP contribution in [0.3, 0.4) is 0 Å². The van der Waals surface area contributed by atoms with Crippen molar-refractivity contribution in [3.63, 3.8) is 0 Å². The van der Waals surface area contributed by atoms with Crippen LogP contribution in [0.5, 0.6) is 5.75 Å². The Morgan fingerprint density at radius 2 is 1.88 bits per heavy atom. The molecule has 1 amide bonds. The number of amides is 1. The van der Waals surface area contributed by atoms with Crippen LogP contribution in [0.1, 0.15) is 27.4 Å². The number of likely N-dealkylation sites (tertiary alicyclic amines) is 1. The average molecular weight is 439 g/mol. The zero-order chi connectivity index (χ0) is 22.6. The number of hydrogen-bond acceptors (Lipinski definition) is 5. The Labute approximate surface area is 184 Å². The molecule has 3 aromatic rings. The zero-order valence-electron chi connectivity index (χ0n) is 18.1. The quantitative estimate of drug-likeness (QED) is 0.619. The van der Waals surface area contributed by atoms with Crippen LogP contribution in [-0.2, 0) is 6.54 Å². The largest absolute Gasteiger partial charge is 0.486 e. The number of nitrogens with zero attached hydrogens (tertiary/aromatic N) is 3. The van der Waals surface area contributed by atoms with E-state index in [1.54, 1.807) is 30.1 Å². The summed E-state index contributed by atoms with van der Waals surface area (Å²) >= 11 is 0. The molecule has 0 radical (unpaired) electrons. The van der Waals surface area contributed by atoms with Crippen molar-refractivity contribution >= 4 is 5.91 Å². The Balaban J connectivity index is 1.45. The summed E-state index contributed by atoms with van der Waals surface area (Å²) in [5.74, 6) is -0.239. The minimum Gasteiger partial charge on any atom is -0.486 e. The van der Waals surface area contributed by atoms with E-state index in [0.29, 0.717) is 36.5 Å². The smallest absolute Gasteiger partial charge is 0.257 e. The van der Waals surface area contributed by atoms with Crippen molar-refractivity contribution in [1.82, 2.24) is 15.0 Å². The van der Waals surface area contributed by atoms with E-state index in [4.69, 9.17) is 9.26 Å². The summed E-state index contributed by atoms with van der Waals surface area (Å²) in [5.41, 5.74) is 3.12. The zero-order valence-corrected chi connectivity index (χ0v) is 18.1. The molecule has 8 heteroatoms. The second-order valence-corrected chi connectivity index (χ2v) is 8.47. The molecule has 3 heterocycles. The SMILES string of the molecule is Cc1noc(C)c1CN1C[C@@H]2Oc3cc(-c4ccc(F)cc4F)ccc3C(=O)N(C)[C@@H]2C1. The van der Waals surface area contributed by atoms with Gasteiger partial charge in [0, 0.05) is 43.9 Å². The monoisotopic (exact) mass is 439 g/mol. The lowest BCUT2D eigenvalue weighted by atomic mass is 10.0. The topological polar surface area (TPSA) is 58.8 Å². The first-order valence-electron chi connectivity index (χ1n) is 10.5. The summed E-state index contributed by atoms with van der Waals surface area (Å²) in [6.45, 7) is 5.75. The van der Waals surface area contributed by atoms with Gasteiger partial charge in [0.05, 0.1) is 17.3 Å². The maximum absolute atomic E-state index is 14.3. The van der Waals surface area contributed by atoms with Gasteiger partial charge in [0.25, 0.3) is 5.91 Å². The van der Waals surface area contributed by atoms with Gasteiger partial charge in [-0.2, -0.15) is 0 Å². The molecule has 0 aliphatic carbocycles. The molecule has 32 heavy (non-hydrogen) atoms. The number of aromatic nitrogens is 1. The maximum atomic E-state index is 14.3. The van der Waals surface area contributed by atoms with Gasteiger partial charge in [-0.3, -0.25) is 9.69 Å². The van der Waals surface area contributed by atoms with Crippen LogP contribution in [0.2, 0.25) is 0 Å². The second-order valence-electron chi connectivity index (χ2n) is 8.47. The molecular formula is C24H23F2N3O3. The number of carbonyl (C=O) groups excluding carboxylic acids is 1. The predicted molar refractivity (Wildman–Crippen MR) is 113 cm³/mol. The molecule has 1 aromatic heterocycles. The molecule has 0 saturated carbocycles. The normalized spacial score (nSPS) is 20.7. The molecule has 5 rings (SSSR count). The molecule has 1 fully saturated rings. The van der Waals surface area contributed by atoms with Crippen molar-refractivity contribution in [2.45, 2.75) is 32.5 Å². The van der Waals surface area contributed by atoms with E-state index in [2.05, 4.69) is 10.1 Å². The van der Waals surface area contributed by atoms with Gasteiger partial charge in [-0.05, 0) is 43.7 Å². The predicted octanol–water partition coefficient (Wildman–Crippen LogP) is 3.95. The highest BCUT2D eigenvalue weighted by Gasteiger charge is 2.42. The second kappa shape index (κ2) is 7.70. The number of fused-ring (bicyclic) bond motifs is 2. The Kier molecular flexibility index (Phi) is 4.97. The van der Waals surface area contributed by atoms with Crippen molar-refractivity contribution in [3.05, 3.63) is 70.6 Å². The summed E-state index contributed by atoms with van der Waals surface area (Å²) in [7, 11) is 1.78. The molecule has 0 bridgehead atoms. The molecule has 166 valence electrons. The van der Waals surface area contributed by atoms with Crippen molar-refractivity contribution in [1.29, 1.82) is 0 Å². The van der Waals surface area contributed by atoms with E-state index in [9.17, 15) is 13.6 Å². The summed E-state index contributed by atoms with van der Waals surface area (Å²) in [6.07, 6.45) is -0.237. The van der Waals surface area contributed by atoms with Crippen LogP contribution in [0.4, 0.5) is 8.78 Å². The Morgan fingerprint density at radius 1 is 1.09 bits per heavy atom. The first-order valence-corrected chi connectivity index (χ1v) is 10.5. The number of likely N-dealkylation sites (N-methyl/N-ethyl adjacent to an activating group) is 1. The van der Waals surface area contributed by atoms with Crippen LogP contribution in [0.25, 0.3) is 11.1 Å². The highest BCUT2D eigenvalue weighted by atomic mass is 19.1. The van der Waals surface area contributed by atoms with Crippen LogP contribution in [0.15, 0.2) is 40.9 Å². The summed E-state index contributed by atoms with van der Waals surface area (Å²) < 4.78 is 39.2. The summed E-state index contributed by atoms with van der Waals surface area (Å²) in [5, 5.41) is 4.02. The number of benzene rings is 2. The van der Waals surface area contributed by atoms with E-state index in [1.807, 2.05) is 13.8 Å². The summed E-state index contributed by atoms with van der Waals surface area (Å²) in [6, 6.07) is 8.30. The molecule has 2 atom stereocenters. The number of carbonyl (C=O) groups is 1. The van der Waals surface area contributed by atoms with Crippen molar-refractivity contribution in [3.8, 4) is 16.9 Å². The van der Waals surface area contributed by atoms with Crippen molar-refractivity contribution in [2.24, 2.45) is 0 Å². The van der Waals surface area contributed by atoms with Gasteiger partial charge >= 0.3 is 0 Å². The molecule has 2 aliphatic heterocycles. The number of hydrogen-bond donors (Lipinski definition) is 0. The number of aryl methyl sites for hydroxylation is 2. The standard InChI is InChI=1S/C24H23F2N3O3/c1-13-19(14(2)32-27-13)10-29-11-21-23(12-29)31-22-8-15(4-6-18(22)24(30)28(21)3)17-7-5-16(25)9-20(17)26/h4-9,21,23H,10-12H2,1-3H3/t21-,23+/m1/s1. The lowest BCUT2D eigenvalue weighted by Gasteiger charge is -2.25. The van der Waals surface area contributed by atoms with Gasteiger partial charge in [-0.25, -0.2) is 8.78 Å². The van der Waals surface area contributed by atoms with Crippen molar-refractivity contribution < 1.29 is 22.8 Å². The number of rotatable bonds is 3. The molecule has 2 aromatic carbocycles. The molecule has 2 aliphatic rings. The average Bonchev–Trinajstić information content (AvgIpc) is 3.28. The molecule has 0 unspecified atom stereocenters. The molecule has 0 N–H and O–H groups in total. The third-order valence-corrected chi connectivity index (χ3v) is 6.43. The highest BCUT2D eigenvalue weighted by Crippen LogP contribution is 2.35. The lowest BCUT2D eigenvalue weighted by molar-refractivity contribution is 0.0682. The van der Waals surface area contributed by atoms with Gasteiger partial charge in [0.2, 0.25) is 0 Å². The van der Waals surface area contributed by atoms with Gasteiger partial charge in [-0.1, -0.05) is 11.2 Å². The number of halogens is 2. The van der Waals surface area contributed by atoms with Crippen LogP contribution < -0.4 is 4.74 Å². The number of ether oxygens (including phenoxy) is 1. The fourth-order valence-corrected chi connectivity index (χ4v) is 4.59. The molecule has 6 nitrogen and oxygen atoms in total. The highest BCUT2D eigenvalue weighted by molar-refractivity contribution is 5.98. The van der Waals surface area contributed by atoms with E-state index >= 15 is 0 Å². The first kappa shape index (κ1) is 20.6. The van der Waals surface area contributed by atoms with E-state index < -0.39 is 11.6 Å². The van der Waals surface area contributed by atoms with E-state index in [0.717, 1.165) is 23.1 Å². The van der Waals surface area contributed by atoms with Gasteiger partial charge in [0.15, 0.2) is 0 Å². The minimum atomic E-state index is -0.661. The van der Waals surface area contributed by atoms with E-state index in [1.165, 1.54) is 12.1 Å². The third-order valence-electron chi connectivity index (χ3n) is 6.43. The van der Waals surface area contributed by atoms with Crippen LogP contribution in [0, 0.1) is 25.5 Å². The van der Waals surface area contributed by atoms with E-state index in [-0.39, 0.29) is 23.6 Å². The Morgan fingerprint density at radius 3 is 2.59 bits per heavy atom. The molecule has 0 spiro atoms. The fraction of sp³-hybridized carbons (Fsp3) is 0.333. The van der Waals surface area contributed by atoms with Crippen molar-refractivity contribution in [2.75, 3.05) is 20.1 Å². The maximum Gasteiger partial charge on any atom is 0.257 e. The van der Waals surface area contributed by atoms with Gasteiger partial charge in [-0.15, -0.1) is 0 Å². The molecular weight excluding hydrogens is 416 g/mol. The Hall–Kier alpha value is -3.26. The molecule has 1 saturated heterocycles. The Bertz CT molecular complexity index is 1190. The van der Waals surface area contributed by atoms with Crippen LogP contribution >= 0.6 is 0 Å².